The molecule has 0 aliphatic heterocycles. The highest BCUT2D eigenvalue weighted by atomic mass is 16.5. The van der Waals surface area contributed by atoms with Gasteiger partial charge in [-0.2, -0.15) is 0 Å². The molecule has 0 spiro atoms. The third-order valence-corrected chi connectivity index (χ3v) is 4.48. The van der Waals surface area contributed by atoms with Crippen LogP contribution in [0.25, 0.3) is 22.3 Å². The summed E-state index contributed by atoms with van der Waals surface area (Å²) in [6.45, 7) is 8.00. The summed E-state index contributed by atoms with van der Waals surface area (Å²) in [6, 6.07) is 12.9. The van der Waals surface area contributed by atoms with Gasteiger partial charge in [-0.3, -0.25) is 4.79 Å². The van der Waals surface area contributed by atoms with E-state index in [1.165, 1.54) is 5.56 Å². The molecule has 26 heavy (non-hydrogen) atoms. The summed E-state index contributed by atoms with van der Waals surface area (Å²) in [7, 11) is 0. The van der Waals surface area contributed by atoms with E-state index in [1.807, 2.05) is 24.3 Å². The highest BCUT2D eigenvalue weighted by Crippen LogP contribution is 2.29. The van der Waals surface area contributed by atoms with Crippen molar-refractivity contribution in [3.05, 3.63) is 69.4 Å². The zero-order valence-electron chi connectivity index (χ0n) is 15.5. The first-order chi connectivity index (χ1) is 12.4. The monoisotopic (exact) mass is 350 g/mol. The highest BCUT2D eigenvalue weighted by molar-refractivity contribution is 6.02. The van der Waals surface area contributed by atoms with Gasteiger partial charge in [-0.1, -0.05) is 44.2 Å². The molecule has 0 fully saturated rings. The number of hydrogen-bond acceptors (Lipinski definition) is 4. The van der Waals surface area contributed by atoms with Crippen LogP contribution in [-0.2, 0) is 4.74 Å². The lowest BCUT2D eigenvalue weighted by Gasteiger charge is -2.11. The molecule has 1 aromatic heterocycles. The maximum absolute atomic E-state index is 12.8. The Morgan fingerprint density at radius 2 is 1.81 bits per heavy atom. The van der Waals surface area contributed by atoms with Crippen molar-refractivity contribution < 1.29 is 13.9 Å². The van der Waals surface area contributed by atoms with Crippen LogP contribution >= 0.6 is 0 Å². The highest BCUT2D eigenvalue weighted by Gasteiger charge is 2.19. The maximum Gasteiger partial charge on any atom is 0.341 e. The summed E-state index contributed by atoms with van der Waals surface area (Å²) in [4.78, 5) is 25.1. The largest absolute Gasteiger partial charge is 0.462 e. The summed E-state index contributed by atoms with van der Waals surface area (Å²) in [5.74, 6) is 0.407. The van der Waals surface area contributed by atoms with Crippen LogP contribution in [0.3, 0.4) is 0 Å². The normalized spacial score (nSPS) is 11.1. The predicted molar refractivity (Wildman–Crippen MR) is 103 cm³/mol. The van der Waals surface area contributed by atoms with E-state index in [9.17, 15) is 9.59 Å². The van der Waals surface area contributed by atoms with E-state index in [1.54, 1.807) is 32.0 Å². The lowest BCUT2D eigenvalue weighted by Crippen LogP contribution is -2.11. The minimum absolute atomic E-state index is 0.139. The summed E-state index contributed by atoms with van der Waals surface area (Å²) in [6.07, 6.45) is 0. The van der Waals surface area contributed by atoms with Crippen molar-refractivity contribution in [3.63, 3.8) is 0 Å². The fraction of sp³-hybridized carbons (Fsp3) is 0.273. The van der Waals surface area contributed by atoms with Gasteiger partial charge in [-0.25, -0.2) is 4.79 Å². The van der Waals surface area contributed by atoms with Crippen LogP contribution in [0.1, 0.15) is 48.2 Å². The lowest BCUT2D eigenvalue weighted by atomic mass is 9.99. The molecule has 0 radical (unpaired) electrons. The molecule has 3 rings (SSSR count). The van der Waals surface area contributed by atoms with E-state index in [2.05, 4.69) is 13.8 Å². The second-order valence-corrected chi connectivity index (χ2v) is 6.56. The number of carbonyl (C=O) groups excluding carboxylic acids is 1. The van der Waals surface area contributed by atoms with Gasteiger partial charge in [-0.15, -0.1) is 0 Å². The van der Waals surface area contributed by atoms with Gasteiger partial charge in [0, 0.05) is 11.1 Å². The number of fused-ring (bicyclic) bond motifs is 1. The number of ether oxygens (including phenoxy) is 1. The zero-order valence-corrected chi connectivity index (χ0v) is 15.5. The first-order valence-electron chi connectivity index (χ1n) is 8.78. The molecule has 4 nitrogen and oxygen atoms in total. The summed E-state index contributed by atoms with van der Waals surface area (Å²) >= 11 is 0. The van der Waals surface area contributed by atoms with E-state index >= 15 is 0 Å². The van der Waals surface area contributed by atoms with Crippen molar-refractivity contribution in [2.45, 2.75) is 33.6 Å². The van der Waals surface area contributed by atoms with Crippen LogP contribution in [-0.4, -0.2) is 12.6 Å². The van der Waals surface area contributed by atoms with Gasteiger partial charge in [0.1, 0.15) is 11.3 Å². The van der Waals surface area contributed by atoms with Crippen molar-refractivity contribution in [2.75, 3.05) is 6.61 Å². The van der Waals surface area contributed by atoms with E-state index < -0.39 is 5.97 Å². The molecule has 134 valence electrons. The molecule has 4 heteroatoms. The molecular weight excluding hydrogens is 328 g/mol. The molecular formula is C22H22O4. The van der Waals surface area contributed by atoms with Crippen LogP contribution < -0.4 is 5.43 Å². The molecule has 0 aliphatic rings. The number of benzene rings is 2. The molecule has 2 aromatic carbocycles. The van der Waals surface area contributed by atoms with Crippen LogP contribution in [0, 0.1) is 6.92 Å². The molecule has 0 atom stereocenters. The Labute approximate surface area is 152 Å². The van der Waals surface area contributed by atoms with E-state index in [-0.39, 0.29) is 23.2 Å². The topological polar surface area (TPSA) is 56.5 Å². The molecule has 0 amide bonds. The van der Waals surface area contributed by atoms with Crippen molar-refractivity contribution in [1.29, 1.82) is 0 Å². The summed E-state index contributed by atoms with van der Waals surface area (Å²) in [5.41, 5.74) is 2.94. The van der Waals surface area contributed by atoms with Gasteiger partial charge in [-0.05, 0) is 37.5 Å². The average Bonchev–Trinajstić information content (AvgIpc) is 2.64. The molecule has 3 aromatic rings. The van der Waals surface area contributed by atoms with Crippen LogP contribution in [0.15, 0.2) is 51.7 Å². The fourth-order valence-electron chi connectivity index (χ4n) is 2.97. The Morgan fingerprint density at radius 3 is 2.42 bits per heavy atom. The predicted octanol–water partition coefficient (Wildman–Crippen LogP) is 5.07. The minimum atomic E-state index is -0.494. The molecule has 0 bridgehead atoms. The van der Waals surface area contributed by atoms with Crippen LogP contribution in [0.4, 0.5) is 0 Å². The minimum Gasteiger partial charge on any atom is -0.462 e. The van der Waals surface area contributed by atoms with Gasteiger partial charge in [0.25, 0.3) is 0 Å². The zero-order chi connectivity index (χ0) is 18.8. The Balaban J connectivity index is 2.23. The maximum atomic E-state index is 12.8. The molecule has 0 aliphatic carbocycles. The molecule has 0 N–H and O–H groups in total. The molecule has 0 unspecified atom stereocenters. The van der Waals surface area contributed by atoms with Crippen molar-refractivity contribution in [1.82, 2.24) is 0 Å². The number of hydrogen-bond donors (Lipinski definition) is 0. The van der Waals surface area contributed by atoms with Gasteiger partial charge in [0.05, 0.1) is 12.0 Å². The van der Waals surface area contributed by atoms with Crippen molar-refractivity contribution in [3.8, 4) is 11.3 Å². The Morgan fingerprint density at radius 1 is 1.12 bits per heavy atom. The first-order valence-corrected chi connectivity index (χ1v) is 8.78. The molecule has 0 saturated heterocycles. The summed E-state index contributed by atoms with van der Waals surface area (Å²) < 4.78 is 11.2. The Kier molecular flexibility index (Phi) is 4.94. The van der Waals surface area contributed by atoms with Gasteiger partial charge in [0.15, 0.2) is 11.0 Å². The number of carbonyl (C=O) groups is 1. The fourth-order valence-corrected chi connectivity index (χ4v) is 2.97. The Hall–Kier alpha value is -2.88. The van der Waals surface area contributed by atoms with E-state index in [0.29, 0.717) is 22.6 Å². The number of esters is 1. The molecule has 1 heterocycles. The second-order valence-electron chi connectivity index (χ2n) is 6.56. The van der Waals surface area contributed by atoms with Crippen molar-refractivity contribution in [2.24, 2.45) is 0 Å². The lowest BCUT2D eigenvalue weighted by molar-refractivity contribution is 0.0527. The van der Waals surface area contributed by atoms with E-state index in [0.717, 1.165) is 5.56 Å². The molecule has 0 saturated carbocycles. The van der Waals surface area contributed by atoms with Gasteiger partial charge < -0.3 is 9.15 Å². The Bertz CT molecular complexity index is 1010. The summed E-state index contributed by atoms with van der Waals surface area (Å²) in [5, 5.41) is 0.385. The third kappa shape index (κ3) is 3.15. The number of para-hydroxylation sites is 1. The quantitative estimate of drug-likeness (QED) is 0.617. The number of rotatable bonds is 4. The first kappa shape index (κ1) is 17.9. The smallest absolute Gasteiger partial charge is 0.341 e. The second kappa shape index (κ2) is 7.16. The van der Waals surface area contributed by atoms with Crippen molar-refractivity contribution >= 4 is 16.9 Å². The van der Waals surface area contributed by atoms with Crippen LogP contribution in [0.2, 0.25) is 0 Å². The SMILES string of the molecule is CCOC(=O)c1cccc2c(=O)c(C)c(-c3ccc(C(C)C)cc3)oc12. The van der Waals surface area contributed by atoms with Gasteiger partial charge in [0.2, 0.25) is 0 Å². The average molecular weight is 350 g/mol. The van der Waals surface area contributed by atoms with Gasteiger partial charge >= 0.3 is 5.97 Å². The third-order valence-electron chi connectivity index (χ3n) is 4.48. The standard InChI is InChI=1S/C22H22O4/c1-5-25-22(24)18-8-6-7-17-19(23)14(4)20(26-21(17)18)16-11-9-15(10-12-16)13(2)3/h6-13H,5H2,1-4H3. The van der Waals surface area contributed by atoms with Crippen LogP contribution in [0.5, 0.6) is 0 Å². The van der Waals surface area contributed by atoms with E-state index in [4.69, 9.17) is 9.15 Å².